The maximum atomic E-state index is 5.90. The molecular weight excluding hydrogens is 278 g/mol. The number of hydrogen-bond donors (Lipinski definition) is 1. The van der Waals surface area contributed by atoms with Gasteiger partial charge in [0.1, 0.15) is 11.9 Å². The maximum absolute atomic E-state index is 5.90. The number of ether oxygens (including phenoxy) is 3. The lowest BCUT2D eigenvalue weighted by Gasteiger charge is -2.32. The number of hydrogen-bond acceptors (Lipinski definition) is 4. The average Bonchev–Trinajstić information content (AvgIpc) is 2.62. The molecule has 4 heteroatoms. The molecule has 0 bridgehead atoms. The third-order valence-corrected chi connectivity index (χ3v) is 3.78. The zero-order valence-corrected chi connectivity index (χ0v) is 12.7. The van der Waals surface area contributed by atoms with E-state index in [1.54, 1.807) is 7.11 Å². The molecule has 4 nitrogen and oxygen atoms in total. The van der Waals surface area contributed by atoms with Crippen molar-refractivity contribution in [2.24, 2.45) is 0 Å². The van der Waals surface area contributed by atoms with E-state index < -0.39 is 0 Å². The van der Waals surface area contributed by atoms with Crippen molar-refractivity contribution < 1.29 is 14.2 Å². The number of nitrogens with one attached hydrogen (secondary N) is 1. The van der Waals surface area contributed by atoms with E-state index in [-0.39, 0.29) is 12.1 Å². The predicted molar refractivity (Wildman–Crippen MR) is 86.4 cm³/mol. The quantitative estimate of drug-likeness (QED) is 0.920. The molecule has 1 N–H and O–H groups in total. The zero-order chi connectivity index (χ0) is 15.2. The molecule has 1 saturated heterocycles. The van der Waals surface area contributed by atoms with Crippen molar-refractivity contribution in [3.05, 3.63) is 60.2 Å². The molecule has 1 heterocycles. The Kier molecular flexibility index (Phi) is 4.93. The minimum absolute atomic E-state index is 0.00162. The highest BCUT2D eigenvalue weighted by atomic mass is 16.6. The van der Waals surface area contributed by atoms with Crippen LogP contribution in [0.1, 0.15) is 11.6 Å². The summed E-state index contributed by atoms with van der Waals surface area (Å²) in [5.74, 6) is 0.846. The van der Waals surface area contributed by atoms with E-state index in [4.69, 9.17) is 14.2 Å². The Morgan fingerprint density at radius 1 is 1.05 bits per heavy atom. The highest BCUT2D eigenvalue weighted by Gasteiger charge is 2.26. The molecular formula is C18H21NO3. The van der Waals surface area contributed by atoms with Gasteiger partial charge in [-0.25, -0.2) is 0 Å². The first-order valence-corrected chi connectivity index (χ1v) is 7.52. The second-order valence-electron chi connectivity index (χ2n) is 5.25. The molecule has 2 aromatic rings. The Morgan fingerprint density at radius 2 is 1.82 bits per heavy atom. The van der Waals surface area contributed by atoms with Gasteiger partial charge in [0.25, 0.3) is 0 Å². The van der Waals surface area contributed by atoms with Gasteiger partial charge in [-0.2, -0.15) is 0 Å². The van der Waals surface area contributed by atoms with Gasteiger partial charge in [0.15, 0.2) is 0 Å². The molecule has 0 saturated carbocycles. The number of methoxy groups -OCH3 is 1. The highest BCUT2D eigenvalue weighted by Crippen LogP contribution is 2.27. The minimum atomic E-state index is -0.00162. The summed E-state index contributed by atoms with van der Waals surface area (Å²) in [6.07, 6.45) is -0.00162. The van der Waals surface area contributed by atoms with Gasteiger partial charge in [-0.15, -0.1) is 0 Å². The van der Waals surface area contributed by atoms with Gasteiger partial charge < -0.3 is 19.5 Å². The molecule has 22 heavy (non-hydrogen) atoms. The Hall–Kier alpha value is -2.04. The van der Waals surface area contributed by atoms with Crippen LogP contribution in [0.4, 0.5) is 5.69 Å². The Labute approximate surface area is 131 Å². The first kappa shape index (κ1) is 14.9. The monoisotopic (exact) mass is 299 g/mol. The van der Waals surface area contributed by atoms with E-state index >= 15 is 0 Å². The smallest absolute Gasteiger partial charge is 0.119 e. The van der Waals surface area contributed by atoms with Crippen LogP contribution in [0.3, 0.4) is 0 Å². The minimum Gasteiger partial charge on any atom is -0.497 e. The van der Waals surface area contributed by atoms with E-state index in [0.717, 1.165) is 11.4 Å². The lowest BCUT2D eigenvalue weighted by Crippen LogP contribution is -2.37. The molecule has 2 atom stereocenters. The second kappa shape index (κ2) is 7.29. The largest absolute Gasteiger partial charge is 0.497 e. The van der Waals surface area contributed by atoms with Crippen LogP contribution in [0.5, 0.6) is 5.75 Å². The molecule has 1 aliphatic rings. The van der Waals surface area contributed by atoms with Crippen LogP contribution in [0.15, 0.2) is 54.6 Å². The fourth-order valence-corrected chi connectivity index (χ4v) is 2.62. The maximum Gasteiger partial charge on any atom is 0.119 e. The van der Waals surface area contributed by atoms with Crippen molar-refractivity contribution in [1.82, 2.24) is 0 Å². The van der Waals surface area contributed by atoms with Gasteiger partial charge >= 0.3 is 0 Å². The van der Waals surface area contributed by atoms with Crippen LogP contribution >= 0.6 is 0 Å². The molecule has 0 spiro atoms. The number of anilines is 1. The lowest BCUT2D eigenvalue weighted by atomic mass is 10.0. The Bertz CT molecular complexity index is 565. The van der Waals surface area contributed by atoms with Crippen molar-refractivity contribution in [1.29, 1.82) is 0 Å². The third-order valence-electron chi connectivity index (χ3n) is 3.78. The second-order valence-corrected chi connectivity index (χ2v) is 5.25. The zero-order valence-electron chi connectivity index (χ0n) is 12.7. The molecule has 0 aliphatic carbocycles. The van der Waals surface area contributed by atoms with Crippen molar-refractivity contribution >= 4 is 5.69 Å². The van der Waals surface area contributed by atoms with Crippen LogP contribution in [0.25, 0.3) is 0 Å². The summed E-state index contributed by atoms with van der Waals surface area (Å²) in [6.45, 7) is 1.90. The molecule has 1 aliphatic heterocycles. The van der Waals surface area contributed by atoms with Gasteiger partial charge in [0.2, 0.25) is 0 Å². The standard InChI is InChI=1S/C18H21NO3/c1-20-16-9-7-15(8-10-16)19-18(14-5-3-2-4-6-14)17-13-21-11-12-22-17/h2-10,17-19H,11-13H2,1H3. The van der Waals surface area contributed by atoms with Gasteiger partial charge in [0, 0.05) is 5.69 Å². The predicted octanol–water partition coefficient (Wildman–Crippen LogP) is 3.26. The molecule has 3 rings (SSSR count). The SMILES string of the molecule is COc1ccc(NC(c2ccccc2)C2COCCO2)cc1. The van der Waals surface area contributed by atoms with Crippen LogP contribution in [0, 0.1) is 0 Å². The Morgan fingerprint density at radius 3 is 2.45 bits per heavy atom. The van der Waals surface area contributed by atoms with Gasteiger partial charge in [0.05, 0.1) is 33.0 Å². The summed E-state index contributed by atoms with van der Waals surface area (Å²) >= 11 is 0. The molecule has 116 valence electrons. The summed E-state index contributed by atoms with van der Waals surface area (Å²) < 4.78 is 16.7. The molecule has 2 aromatic carbocycles. The molecule has 0 amide bonds. The van der Waals surface area contributed by atoms with Crippen molar-refractivity contribution in [2.45, 2.75) is 12.1 Å². The number of rotatable bonds is 5. The molecule has 2 unspecified atom stereocenters. The van der Waals surface area contributed by atoms with Gasteiger partial charge in [-0.05, 0) is 29.8 Å². The summed E-state index contributed by atoms with van der Waals surface area (Å²) in [7, 11) is 1.67. The summed E-state index contributed by atoms with van der Waals surface area (Å²) in [5, 5.41) is 3.56. The van der Waals surface area contributed by atoms with E-state index in [1.807, 2.05) is 42.5 Å². The third kappa shape index (κ3) is 3.59. The van der Waals surface area contributed by atoms with Crippen LogP contribution in [0.2, 0.25) is 0 Å². The fraction of sp³-hybridized carbons (Fsp3) is 0.333. The fourth-order valence-electron chi connectivity index (χ4n) is 2.62. The summed E-state index contributed by atoms with van der Waals surface area (Å²) in [6, 6.07) is 18.3. The average molecular weight is 299 g/mol. The number of benzene rings is 2. The van der Waals surface area contributed by atoms with E-state index in [0.29, 0.717) is 19.8 Å². The van der Waals surface area contributed by atoms with Gasteiger partial charge in [-0.1, -0.05) is 30.3 Å². The molecule has 0 aromatic heterocycles. The molecule has 0 radical (unpaired) electrons. The summed E-state index contributed by atoms with van der Waals surface area (Å²) in [4.78, 5) is 0. The van der Waals surface area contributed by atoms with E-state index in [2.05, 4.69) is 17.4 Å². The highest BCUT2D eigenvalue weighted by molar-refractivity contribution is 5.48. The van der Waals surface area contributed by atoms with Gasteiger partial charge in [-0.3, -0.25) is 0 Å². The van der Waals surface area contributed by atoms with Crippen molar-refractivity contribution in [2.75, 3.05) is 32.2 Å². The van der Waals surface area contributed by atoms with E-state index in [9.17, 15) is 0 Å². The first-order chi connectivity index (χ1) is 10.9. The topological polar surface area (TPSA) is 39.7 Å². The normalized spacial score (nSPS) is 19.4. The van der Waals surface area contributed by atoms with Crippen LogP contribution in [-0.4, -0.2) is 33.0 Å². The first-order valence-electron chi connectivity index (χ1n) is 7.52. The van der Waals surface area contributed by atoms with Crippen LogP contribution < -0.4 is 10.1 Å². The van der Waals surface area contributed by atoms with Crippen molar-refractivity contribution in [3.8, 4) is 5.75 Å². The van der Waals surface area contributed by atoms with E-state index in [1.165, 1.54) is 5.56 Å². The lowest BCUT2D eigenvalue weighted by molar-refractivity contribution is -0.0950. The summed E-state index contributed by atoms with van der Waals surface area (Å²) in [5.41, 5.74) is 2.22. The van der Waals surface area contributed by atoms with Crippen LogP contribution in [-0.2, 0) is 9.47 Å². The van der Waals surface area contributed by atoms with Crippen molar-refractivity contribution in [3.63, 3.8) is 0 Å². The Balaban J connectivity index is 1.81. The molecule has 1 fully saturated rings.